The number of aromatic nitrogens is 2. The van der Waals surface area contributed by atoms with Crippen molar-refractivity contribution in [1.29, 1.82) is 0 Å². The largest absolute Gasteiger partial charge is 0.384 e. The third-order valence-electron chi connectivity index (χ3n) is 3.54. The van der Waals surface area contributed by atoms with Crippen molar-refractivity contribution in [3.63, 3.8) is 0 Å². The minimum absolute atomic E-state index is 0.102. The molecular formula is C16H17N3O. The highest BCUT2D eigenvalue weighted by Crippen LogP contribution is 2.16. The zero-order chi connectivity index (χ0) is 13.8. The predicted molar refractivity (Wildman–Crippen MR) is 76.7 cm³/mol. The summed E-state index contributed by atoms with van der Waals surface area (Å²) in [5.74, 6) is 6.86. The van der Waals surface area contributed by atoms with Crippen molar-refractivity contribution >= 4 is 0 Å². The summed E-state index contributed by atoms with van der Waals surface area (Å²) in [6, 6.07) is 8.11. The monoisotopic (exact) mass is 267 g/mol. The van der Waals surface area contributed by atoms with Gasteiger partial charge in [-0.25, -0.2) is 4.98 Å². The molecule has 1 N–H and O–H groups in total. The third kappa shape index (κ3) is 2.74. The van der Waals surface area contributed by atoms with Crippen LogP contribution in [0.5, 0.6) is 0 Å². The van der Waals surface area contributed by atoms with Crippen LogP contribution in [0.25, 0.3) is 0 Å². The first kappa shape index (κ1) is 12.9. The molecule has 2 aromatic rings. The van der Waals surface area contributed by atoms with E-state index in [0.29, 0.717) is 0 Å². The van der Waals surface area contributed by atoms with Crippen molar-refractivity contribution in [2.45, 2.75) is 19.6 Å². The normalized spacial score (nSPS) is 14.4. The number of rotatable bonds is 2. The molecule has 0 spiro atoms. The number of imidazole rings is 1. The maximum Gasteiger partial charge on any atom is 0.122 e. The number of fused-ring (bicyclic) bond motifs is 1. The lowest BCUT2D eigenvalue weighted by Gasteiger charge is -2.27. The molecule has 4 heteroatoms. The predicted octanol–water partition coefficient (Wildman–Crippen LogP) is 1.24. The van der Waals surface area contributed by atoms with E-state index < -0.39 is 0 Å². The minimum atomic E-state index is -0.102. The summed E-state index contributed by atoms with van der Waals surface area (Å²) in [6.45, 7) is 3.64. The van der Waals surface area contributed by atoms with Gasteiger partial charge in [0.25, 0.3) is 0 Å². The Balaban J connectivity index is 1.76. The van der Waals surface area contributed by atoms with Crippen molar-refractivity contribution in [3.8, 4) is 11.8 Å². The Morgan fingerprint density at radius 3 is 3.05 bits per heavy atom. The van der Waals surface area contributed by atoms with Crippen LogP contribution in [0, 0.1) is 11.8 Å². The van der Waals surface area contributed by atoms with Gasteiger partial charge in [-0.1, -0.05) is 30.0 Å². The Morgan fingerprint density at radius 1 is 1.25 bits per heavy atom. The molecule has 1 aliphatic heterocycles. The number of benzene rings is 1. The smallest absolute Gasteiger partial charge is 0.122 e. The molecular weight excluding hydrogens is 250 g/mol. The fourth-order valence-electron chi connectivity index (χ4n) is 2.51. The van der Waals surface area contributed by atoms with E-state index in [2.05, 4.69) is 32.4 Å². The van der Waals surface area contributed by atoms with Crippen LogP contribution in [-0.4, -0.2) is 32.7 Å². The molecule has 1 aliphatic rings. The summed E-state index contributed by atoms with van der Waals surface area (Å²) in [6.07, 6.45) is 3.90. The maximum absolute atomic E-state index is 8.83. The fraction of sp³-hybridized carbons (Fsp3) is 0.312. The van der Waals surface area contributed by atoms with Crippen LogP contribution in [0.4, 0.5) is 0 Å². The van der Waals surface area contributed by atoms with Gasteiger partial charge in [0.1, 0.15) is 12.4 Å². The summed E-state index contributed by atoms with van der Waals surface area (Å²) in [5.41, 5.74) is 2.20. The average Bonchev–Trinajstić information content (AvgIpc) is 2.94. The molecule has 0 saturated heterocycles. The van der Waals surface area contributed by atoms with Crippen molar-refractivity contribution in [2.75, 3.05) is 13.2 Å². The molecule has 0 amide bonds. The molecule has 0 saturated carbocycles. The molecule has 4 nitrogen and oxygen atoms in total. The molecule has 0 aliphatic carbocycles. The summed E-state index contributed by atoms with van der Waals surface area (Å²) in [7, 11) is 0. The third-order valence-corrected chi connectivity index (χ3v) is 3.54. The van der Waals surface area contributed by atoms with Crippen molar-refractivity contribution in [2.24, 2.45) is 0 Å². The summed E-state index contributed by atoms with van der Waals surface area (Å²) in [4.78, 5) is 6.76. The van der Waals surface area contributed by atoms with Crippen LogP contribution in [0.2, 0.25) is 0 Å². The lowest BCUT2D eigenvalue weighted by Crippen LogP contribution is -2.33. The van der Waals surface area contributed by atoms with Crippen LogP contribution >= 0.6 is 0 Å². The van der Waals surface area contributed by atoms with Gasteiger partial charge in [-0.2, -0.15) is 0 Å². The minimum Gasteiger partial charge on any atom is -0.384 e. The highest BCUT2D eigenvalue weighted by molar-refractivity contribution is 5.41. The Bertz CT molecular complexity index is 651. The van der Waals surface area contributed by atoms with Gasteiger partial charge in [0.15, 0.2) is 0 Å². The fourth-order valence-corrected chi connectivity index (χ4v) is 2.51. The van der Waals surface area contributed by atoms with Gasteiger partial charge < -0.3 is 9.67 Å². The van der Waals surface area contributed by atoms with E-state index in [4.69, 9.17) is 5.11 Å². The standard InChI is InChI=1S/C16H17N3O/c20-11-3-6-14-4-1-2-5-15(14)12-18-9-10-19-8-7-17-16(19)13-18/h1-2,4-5,7-8,20H,9-13H2. The lowest BCUT2D eigenvalue weighted by atomic mass is 10.1. The van der Waals surface area contributed by atoms with Gasteiger partial charge in [-0.3, -0.25) is 4.90 Å². The van der Waals surface area contributed by atoms with Gasteiger partial charge >= 0.3 is 0 Å². The molecule has 1 aromatic heterocycles. The second-order valence-electron chi connectivity index (χ2n) is 4.86. The van der Waals surface area contributed by atoms with Crippen LogP contribution in [-0.2, 0) is 19.6 Å². The number of hydrogen-bond donors (Lipinski definition) is 1. The van der Waals surface area contributed by atoms with Gasteiger partial charge in [0.05, 0.1) is 6.54 Å². The van der Waals surface area contributed by atoms with E-state index in [1.54, 1.807) is 0 Å². The second-order valence-corrected chi connectivity index (χ2v) is 4.86. The van der Waals surface area contributed by atoms with Crippen molar-refractivity contribution in [3.05, 3.63) is 53.6 Å². The second kappa shape index (κ2) is 5.91. The molecule has 0 radical (unpaired) electrons. The molecule has 0 fully saturated rings. The molecule has 0 unspecified atom stereocenters. The number of hydrogen-bond acceptors (Lipinski definition) is 3. The molecule has 0 bridgehead atoms. The van der Waals surface area contributed by atoms with Gasteiger partial charge in [-0.05, 0) is 11.6 Å². The van der Waals surface area contributed by atoms with E-state index in [0.717, 1.165) is 37.6 Å². The van der Waals surface area contributed by atoms with E-state index in [1.165, 1.54) is 5.56 Å². The summed E-state index contributed by atoms with van der Waals surface area (Å²) in [5, 5.41) is 8.83. The molecule has 20 heavy (non-hydrogen) atoms. The van der Waals surface area contributed by atoms with Gasteiger partial charge in [0, 0.05) is 37.6 Å². The van der Waals surface area contributed by atoms with Crippen molar-refractivity contribution < 1.29 is 5.11 Å². The number of aliphatic hydroxyl groups is 1. The Labute approximate surface area is 118 Å². The summed E-state index contributed by atoms with van der Waals surface area (Å²) < 4.78 is 2.20. The van der Waals surface area contributed by atoms with E-state index in [-0.39, 0.29) is 6.61 Å². The zero-order valence-electron chi connectivity index (χ0n) is 11.3. The van der Waals surface area contributed by atoms with Crippen LogP contribution in [0.3, 0.4) is 0 Å². The first-order chi connectivity index (χ1) is 9.86. The SMILES string of the molecule is OCC#Cc1ccccc1CN1CCn2ccnc2C1. The Morgan fingerprint density at radius 2 is 2.15 bits per heavy atom. The highest BCUT2D eigenvalue weighted by Gasteiger charge is 2.17. The maximum atomic E-state index is 8.83. The Hall–Kier alpha value is -2.09. The molecule has 1 aromatic carbocycles. The Kier molecular flexibility index (Phi) is 3.82. The van der Waals surface area contributed by atoms with Gasteiger partial charge in [0.2, 0.25) is 0 Å². The topological polar surface area (TPSA) is 41.3 Å². The van der Waals surface area contributed by atoms with Crippen LogP contribution in [0.1, 0.15) is 17.0 Å². The molecule has 0 atom stereocenters. The first-order valence-electron chi connectivity index (χ1n) is 6.77. The van der Waals surface area contributed by atoms with E-state index >= 15 is 0 Å². The number of nitrogens with zero attached hydrogens (tertiary/aromatic N) is 3. The first-order valence-corrected chi connectivity index (χ1v) is 6.77. The highest BCUT2D eigenvalue weighted by atomic mass is 16.2. The van der Waals surface area contributed by atoms with Gasteiger partial charge in [-0.15, -0.1) is 0 Å². The molecule has 102 valence electrons. The lowest BCUT2D eigenvalue weighted by molar-refractivity contribution is 0.208. The van der Waals surface area contributed by atoms with Crippen molar-refractivity contribution in [1.82, 2.24) is 14.5 Å². The van der Waals surface area contributed by atoms with Crippen LogP contribution in [0.15, 0.2) is 36.7 Å². The van der Waals surface area contributed by atoms with Crippen LogP contribution < -0.4 is 0 Å². The molecule has 3 rings (SSSR count). The zero-order valence-corrected chi connectivity index (χ0v) is 11.3. The van der Waals surface area contributed by atoms with E-state index in [9.17, 15) is 0 Å². The quantitative estimate of drug-likeness (QED) is 0.832. The average molecular weight is 267 g/mol. The molecule has 2 heterocycles. The summed E-state index contributed by atoms with van der Waals surface area (Å²) >= 11 is 0. The van der Waals surface area contributed by atoms with E-state index in [1.807, 2.05) is 30.6 Å². The number of aliphatic hydroxyl groups excluding tert-OH is 1.